The SMILES string of the molecule is COc1ccc(-c2cc(C(N)=O)c(C)n2CC(C)C)c(OC)c1. The van der Waals surface area contributed by atoms with Crippen molar-refractivity contribution in [3.63, 3.8) is 0 Å². The molecule has 0 saturated heterocycles. The van der Waals surface area contributed by atoms with Crippen LogP contribution in [0.3, 0.4) is 0 Å². The van der Waals surface area contributed by atoms with Crippen molar-refractivity contribution >= 4 is 5.91 Å². The number of hydrogen-bond donors (Lipinski definition) is 1. The van der Waals surface area contributed by atoms with Crippen molar-refractivity contribution < 1.29 is 14.3 Å². The molecule has 2 N–H and O–H groups in total. The number of benzene rings is 1. The van der Waals surface area contributed by atoms with Crippen LogP contribution in [0.15, 0.2) is 24.3 Å². The number of rotatable bonds is 6. The monoisotopic (exact) mass is 316 g/mol. The van der Waals surface area contributed by atoms with Crippen LogP contribution in [-0.2, 0) is 6.54 Å². The predicted molar refractivity (Wildman–Crippen MR) is 91.1 cm³/mol. The Balaban J connectivity index is 2.66. The summed E-state index contributed by atoms with van der Waals surface area (Å²) in [5, 5.41) is 0. The van der Waals surface area contributed by atoms with Gasteiger partial charge in [0.15, 0.2) is 0 Å². The van der Waals surface area contributed by atoms with E-state index >= 15 is 0 Å². The van der Waals surface area contributed by atoms with Gasteiger partial charge in [0.25, 0.3) is 5.91 Å². The molecule has 1 aromatic heterocycles. The third kappa shape index (κ3) is 3.33. The van der Waals surface area contributed by atoms with Crippen LogP contribution in [0.2, 0.25) is 0 Å². The van der Waals surface area contributed by atoms with Gasteiger partial charge in [-0.25, -0.2) is 0 Å². The molecule has 0 fully saturated rings. The van der Waals surface area contributed by atoms with Gasteiger partial charge in [-0.05, 0) is 31.0 Å². The average Bonchev–Trinajstić information content (AvgIpc) is 2.83. The Kier molecular flexibility index (Phi) is 4.98. The lowest BCUT2D eigenvalue weighted by molar-refractivity contribution is 0.0999. The quantitative estimate of drug-likeness (QED) is 0.889. The maximum atomic E-state index is 11.7. The summed E-state index contributed by atoms with van der Waals surface area (Å²) in [6.07, 6.45) is 0. The van der Waals surface area contributed by atoms with E-state index in [4.69, 9.17) is 15.2 Å². The number of ether oxygens (including phenoxy) is 2. The minimum absolute atomic E-state index is 0.418. The maximum absolute atomic E-state index is 11.7. The summed E-state index contributed by atoms with van der Waals surface area (Å²) in [6.45, 7) is 6.99. The van der Waals surface area contributed by atoms with Gasteiger partial charge in [-0.1, -0.05) is 13.8 Å². The molecule has 0 atom stereocenters. The molecular weight excluding hydrogens is 292 g/mol. The van der Waals surface area contributed by atoms with Crippen molar-refractivity contribution in [3.05, 3.63) is 35.5 Å². The molecule has 0 aliphatic carbocycles. The first kappa shape index (κ1) is 16.9. The largest absolute Gasteiger partial charge is 0.497 e. The summed E-state index contributed by atoms with van der Waals surface area (Å²) in [4.78, 5) is 11.7. The second-order valence-corrected chi connectivity index (χ2v) is 5.96. The van der Waals surface area contributed by atoms with Crippen molar-refractivity contribution in [2.24, 2.45) is 11.7 Å². The first-order valence-corrected chi connectivity index (χ1v) is 7.61. The zero-order valence-electron chi connectivity index (χ0n) is 14.3. The molecule has 124 valence electrons. The number of nitrogens with zero attached hydrogens (tertiary/aromatic N) is 1. The summed E-state index contributed by atoms with van der Waals surface area (Å²) >= 11 is 0. The highest BCUT2D eigenvalue weighted by Gasteiger charge is 2.20. The van der Waals surface area contributed by atoms with Crippen molar-refractivity contribution in [2.45, 2.75) is 27.3 Å². The minimum atomic E-state index is -0.418. The first-order valence-electron chi connectivity index (χ1n) is 7.61. The van der Waals surface area contributed by atoms with Crippen LogP contribution in [-0.4, -0.2) is 24.7 Å². The van der Waals surface area contributed by atoms with Gasteiger partial charge in [-0.3, -0.25) is 4.79 Å². The van der Waals surface area contributed by atoms with E-state index in [1.54, 1.807) is 14.2 Å². The Morgan fingerprint density at radius 3 is 2.43 bits per heavy atom. The third-order valence-corrected chi connectivity index (χ3v) is 3.86. The molecule has 0 spiro atoms. The Hall–Kier alpha value is -2.43. The Morgan fingerprint density at radius 1 is 1.22 bits per heavy atom. The lowest BCUT2D eigenvalue weighted by Gasteiger charge is -2.16. The van der Waals surface area contributed by atoms with E-state index in [-0.39, 0.29) is 0 Å². The second-order valence-electron chi connectivity index (χ2n) is 5.96. The van der Waals surface area contributed by atoms with Crippen LogP contribution in [0.4, 0.5) is 0 Å². The summed E-state index contributed by atoms with van der Waals surface area (Å²) < 4.78 is 12.9. The first-order chi connectivity index (χ1) is 10.9. The molecule has 5 heteroatoms. The number of aromatic nitrogens is 1. The molecule has 23 heavy (non-hydrogen) atoms. The Bertz CT molecular complexity index is 717. The molecule has 1 amide bonds. The number of nitrogens with two attached hydrogens (primary N) is 1. The normalized spacial score (nSPS) is 10.9. The van der Waals surface area contributed by atoms with E-state index in [0.29, 0.717) is 17.2 Å². The van der Waals surface area contributed by atoms with Crippen LogP contribution in [0, 0.1) is 12.8 Å². The average molecular weight is 316 g/mol. The van der Waals surface area contributed by atoms with Crippen LogP contribution in [0.1, 0.15) is 29.9 Å². The van der Waals surface area contributed by atoms with E-state index in [0.717, 1.165) is 29.2 Å². The molecule has 5 nitrogen and oxygen atoms in total. The Morgan fingerprint density at radius 2 is 1.91 bits per heavy atom. The molecule has 0 radical (unpaired) electrons. The number of methoxy groups -OCH3 is 2. The predicted octanol–water partition coefficient (Wildman–Crippen LogP) is 3.24. The molecule has 0 aliphatic rings. The fraction of sp³-hybridized carbons (Fsp3) is 0.389. The van der Waals surface area contributed by atoms with Crippen LogP contribution < -0.4 is 15.2 Å². The minimum Gasteiger partial charge on any atom is -0.497 e. The molecule has 1 aromatic carbocycles. The standard InChI is InChI=1S/C18H24N2O3/c1-11(2)10-20-12(3)15(18(19)21)9-16(20)14-7-6-13(22-4)8-17(14)23-5/h6-9,11H,10H2,1-5H3,(H2,19,21). The van der Waals surface area contributed by atoms with Crippen LogP contribution in [0.5, 0.6) is 11.5 Å². The number of amides is 1. The van der Waals surface area contributed by atoms with Gasteiger partial charge in [0.2, 0.25) is 0 Å². The van der Waals surface area contributed by atoms with Gasteiger partial charge < -0.3 is 19.8 Å². The highest BCUT2D eigenvalue weighted by Crippen LogP contribution is 2.36. The van der Waals surface area contributed by atoms with E-state index < -0.39 is 5.91 Å². The fourth-order valence-corrected chi connectivity index (χ4v) is 2.73. The van der Waals surface area contributed by atoms with Gasteiger partial charge in [0.05, 0.1) is 25.5 Å². The lowest BCUT2D eigenvalue weighted by atomic mass is 10.1. The van der Waals surface area contributed by atoms with Crippen molar-refractivity contribution in [1.82, 2.24) is 4.57 Å². The number of hydrogen-bond acceptors (Lipinski definition) is 3. The third-order valence-electron chi connectivity index (χ3n) is 3.86. The lowest BCUT2D eigenvalue weighted by Crippen LogP contribution is -2.13. The zero-order valence-corrected chi connectivity index (χ0v) is 14.3. The topological polar surface area (TPSA) is 66.5 Å². The van der Waals surface area contributed by atoms with Gasteiger partial charge in [0.1, 0.15) is 11.5 Å². The van der Waals surface area contributed by atoms with Crippen LogP contribution in [0.25, 0.3) is 11.3 Å². The summed E-state index contributed by atoms with van der Waals surface area (Å²) in [7, 11) is 3.24. The van der Waals surface area contributed by atoms with Crippen molar-refractivity contribution in [2.75, 3.05) is 14.2 Å². The molecule has 0 unspecified atom stereocenters. The zero-order chi connectivity index (χ0) is 17.1. The number of carbonyl (C=O) groups excluding carboxylic acids is 1. The van der Waals surface area contributed by atoms with E-state index in [1.807, 2.05) is 31.2 Å². The van der Waals surface area contributed by atoms with E-state index in [1.165, 1.54) is 0 Å². The second kappa shape index (κ2) is 6.77. The van der Waals surface area contributed by atoms with E-state index in [9.17, 15) is 4.79 Å². The number of primary amides is 1. The van der Waals surface area contributed by atoms with Crippen molar-refractivity contribution in [3.8, 4) is 22.8 Å². The maximum Gasteiger partial charge on any atom is 0.250 e. The molecule has 1 heterocycles. The van der Waals surface area contributed by atoms with E-state index in [2.05, 4.69) is 18.4 Å². The summed E-state index contributed by atoms with van der Waals surface area (Å²) in [6, 6.07) is 7.49. The number of carbonyl (C=O) groups is 1. The summed E-state index contributed by atoms with van der Waals surface area (Å²) in [5.74, 6) is 1.44. The van der Waals surface area contributed by atoms with Crippen LogP contribution >= 0.6 is 0 Å². The molecule has 2 rings (SSSR count). The molecular formula is C18H24N2O3. The smallest absolute Gasteiger partial charge is 0.250 e. The van der Waals surface area contributed by atoms with Gasteiger partial charge in [0, 0.05) is 23.9 Å². The van der Waals surface area contributed by atoms with Gasteiger partial charge in [-0.2, -0.15) is 0 Å². The fourth-order valence-electron chi connectivity index (χ4n) is 2.73. The van der Waals surface area contributed by atoms with Gasteiger partial charge in [-0.15, -0.1) is 0 Å². The molecule has 0 bridgehead atoms. The summed E-state index contributed by atoms with van der Waals surface area (Å²) in [5.41, 5.74) is 8.76. The highest BCUT2D eigenvalue weighted by molar-refractivity contribution is 5.96. The Labute approximate surface area is 137 Å². The van der Waals surface area contributed by atoms with Crippen molar-refractivity contribution in [1.29, 1.82) is 0 Å². The molecule has 0 aliphatic heterocycles. The molecule has 2 aromatic rings. The highest BCUT2D eigenvalue weighted by atomic mass is 16.5. The molecule has 0 saturated carbocycles. The van der Waals surface area contributed by atoms with Gasteiger partial charge >= 0.3 is 0 Å².